The van der Waals surface area contributed by atoms with Gasteiger partial charge >= 0.3 is 7.15 Å². The summed E-state index contributed by atoms with van der Waals surface area (Å²) in [7, 11) is -3.71. The Balaban J connectivity index is 2.18. The average molecular weight is 326 g/mol. The fourth-order valence-corrected chi connectivity index (χ4v) is 3.00. The fourth-order valence-electron chi connectivity index (χ4n) is 1.68. The van der Waals surface area contributed by atoms with E-state index >= 15 is 0 Å². The molecule has 0 aromatic heterocycles. The minimum absolute atomic E-state index is 0.0260. The van der Waals surface area contributed by atoms with Crippen LogP contribution in [-0.2, 0) is 12.2 Å². The van der Waals surface area contributed by atoms with Crippen molar-refractivity contribution in [2.75, 3.05) is 0 Å². The maximum atomic E-state index is 10.1. The van der Waals surface area contributed by atoms with Gasteiger partial charge in [-0.05, 0) is 49.2 Å². The van der Waals surface area contributed by atoms with Gasteiger partial charge in [-0.1, -0.05) is 12.1 Å². The van der Waals surface area contributed by atoms with E-state index in [4.69, 9.17) is 21.3 Å². The lowest BCUT2D eigenvalue weighted by atomic mass is 10.2. The summed E-state index contributed by atoms with van der Waals surface area (Å²) in [6.07, 6.45) is 0. The average Bonchev–Trinajstić information content (AvgIpc) is 2.36. The molecular formula is C14H15O5PS. The summed E-state index contributed by atoms with van der Waals surface area (Å²) in [5.41, 5.74) is 1.67. The molecule has 0 aliphatic carbocycles. The number of phenols is 2. The van der Waals surface area contributed by atoms with Crippen molar-refractivity contribution in [2.24, 2.45) is 0 Å². The molecule has 0 atom stereocenters. The SMILES string of the molecule is Cc1ccc(O[P+](O)([S-])Oc2ccc(C)cc2O)c(O)c1. The summed E-state index contributed by atoms with van der Waals surface area (Å²) in [5.74, 6) is -0.235. The van der Waals surface area contributed by atoms with Gasteiger partial charge in [-0.2, -0.15) is 4.89 Å². The first-order valence-electron chi connectivity index (χ1n) is 6.08. The second-order valence-electron chi connectivity index (χ2n) is 4.59. The molecule has 21 heavy (non-hydrogen) atoms. The van der Waals surface area contributed by atoms with Crippen LogP contribution in [0.25, 0.3) is 0 Å². The molecule has 0 aliphatic rings. The van der Waals surface area contributed by atoms with Gasteiger partial charge in [0.2, 0.25) is 11.5 Å². The number of phenolic OH excluding ortho intramolecular Hbond substituents is 2. The van der Waals surface area contributed by atoms with Gasteiger partial charge in [-0.25, -0.2) is 0 Å². The third-order valence-electron chi connectivity index (χ3n) is 2.66. The van der Waals surface area contributed by atoms with Crippen LogP contribution in [0.3, 0.4) is 0 Å². The Bertz CT molecular complexity index is 604. The largest absolute Gasteiger partial charge is 0.504 e. The van der Waals surface area contributed by atoms with Crippen molar-refractivity contribution in [1.29, 1.82) is 0 Å². The smallest absolute Gasteiger partial charge is 0.379 e. The first-order valence-corrected chi connectivity index (χ1v) is 8.67. The fraction of sp³-hybridized carbons (Fsp3) is 0.143. The molecule has 7 heteroatoms. The quantitative estimate of drug-likeness (QED) is 0.590. The molecule has 0 aliphatic heterocycles. The zero-order valence-corrected chi connectivity index (χ0v) is 13.2. The summed E-state index contributed by atoms with van der Waals surface area (Å²) in [6, 6.07) is 9.34. The molecule has 2 aromatic rings. The molecule has 0 saturated carbocycles. The molecular weight excluding hydrogens is 311 g/mol. The molecule has 2 aromatic carbocycles. The number of aryl methyl sites for hydroxylation is 2. The molecule has 5 nitrogen and oxygen atoms in total. The van der Waals surface area contributed by atoms with E-state index in [2.05, 4.69) is 0 Å². The number of hydrogen-bond acceptors (Lipinski definition) is 6. The number of rotatable bonds is 4. The van der Waals surface area contributed by atoms with Gasteiger partial charge in [0.05, 0.1) is 0 Å². The molecule has 0 fully saturated rings. The van der Waals surface area contributed by atoms with Crippen LogP contribution in [0.5, 0.6) is 23.0 Å². The highest BCUT2D eigenvalue weighted by Gasteiger charge is 2.29. The lowest BCUT2D eigenvalue weighted by Crippen LogP contribution is -2.05. The molecule has 3 N–H and O–H groups in total. The van der Waals surface area contributed by atoms with Crippen molar-refractivity contribution in [3.05, 3.63) is 47.5 Å². The Morgan fingerprint density at radius 3 is 1.57 bits per heavy atom. The van der Waals surface area contributed by atoms with Crippen LogP contribution in [0.15, 0.2) is 36.4 Å². The van der Waals surface area contributed by atoms with E-state index in [1.54, 1.807) is 26.0 Å². The van der Waals surface area contributed by atoms with Gasteiger partial charge in [0.25, 0.3) is 0 Å². The van der Waals surface area contributed by atoms with Gasteiger partial charge in [-0.3, -0.25) is 9.05 Å². The van der Waals surface area contributed by atoms with Crippen molar-refractivity contribution in [1.82, 2.24) is 0 Å². The van der Waals surface area contributed by atoms with Crippen molar-refractivity contribution in [3.8, 4) is 23.0 Å². The maximum Gasteiger partial charge on any atom is 0.379 e. The van der Waals surface area contributed by atoms with Crippen LogP contribution in [0, 0.1) is 13.8 Å². The summed E-state index contributed by atoms with van der Waals surface area (Å²) in [4.78, 5) is 10.1. The van der Waals surface area contributed by atoms with Crippen molar-refractivity contribution < 1.29 is 24.2 Å². The normalized spacial score (nSPS) is 11.2. The highest BCUT2D eigenvalue weighted by atomic mass is 32.7. The molecule has 2 rings (SSSR count). The van der Waals surface area contributed by atoms with E-state index in [1.165, 1.54) is 24.3 Å². The third kappa shape index (κ3) is 4.17. The summed E-state index contributed by atoms with van der Waals surface area (Å²) in [5, 5.41) is 19.5. The first-order chi connectivity index (χ1) is 9.77. The second kappa shape index (κ2) is 6.02. The minimum atomic E-state index is -3.71. The number of benzene rings is 2. The topological polar surface area (TPSA) is 79.2 Å². The predicted molar refractivity (Wildman–Crippen MR) is 83.4 cm³/mol. The predicted octanol–water partition coefficient (Wildman–Crippen LogP) is 3.39. The summed E-state index contributed by atoms with van der Waals surface area (Å²) < 4.78 is 10.3. The third-order valence-corrected chi connectivity index (χ3v) is 3.96. The molecule has 0 amide bonds. The van der Waals surface area contributed by atoms with Gasteiger partial charge in [0.1, 0.15) is 0 Å². The van der Waals surface area contributed by atoms with Crippen LogP contribution < -0.4 is 9.05 Å². The van der Waals surface area contributed by atoms with Crippen LogP contribution >= 0.6 is 7.15 Å². The van der Waals surface area contributed by atoms with E-state index in [9.17, 15) is 15.1 Å². The zero-order valence-electron chi connectivity index (χ0n) is 11.5. The molecule has 0 radical (unpaired) electrons. The van der Waals surface area contributed by atoms with E-state index in [1.807, 2.05) is 0 Å². The van der Waals surface area contributed by atoms with Gasteiger partial charge < -0.3 is 22.5 Å². The van der Waals surface area contributed by atoms with Crippen LogP contribution in [0.4, 0.5) is 0 Å². The van der Waals surface area contributed by atoms with Gasteiger partial charge in [0.15, 0.2) is 11.5 Å². The van der Waals surface area contributed by atoms with Crippen LogP contribution in [0.1, 0.15) is 11.1 Å². The number of aromatic hydroxyl groups is 2. The standard InChI is InChI=1S/C14H15O5PS/c1-9-3-5-13(11(15)7-9)18-20(17,21)19-14-6-4-10(2)8-12(14)16/h3-8,15-16H,1-2H3,(H,17,21). The minimum Gasteiger partial charge on any atom is -0.504 e. The van der Waals surface area contributed by atoms with E-state index in [-0.39, 0.29) is 23.0 Å². The Morgan fingerprint density at radius 1 is 0.857 bits per heavy atom. The lowest BCUT2D eigenvalue weighted by Gasteiger charge is -2.22. The molecule has 0 unspecified atom stereocenters. The highest BCUT2D eigenvalue weighted by molar-refractivity contribution is 8.35. The monoisotopic (exact) mass is 326 g/mol. The second-order valence-corrected chi connectivity index (χ2v) is 7.28. The molecule has 0 spiro atoms. The Hall–Kier alpha value is -1.62. The summed E-state index contributed by atoms with van der Waals surface area (Å²) in [6.45, 7) is 3.61. The molecule has 0 heterocycles. The van der Waals surface area contributed by atoms with E-state index in [0.29, 0.717) is 0 Å². The highest BCUT2D eigenvalue weighted by Crippen LogP contribution is 2.56. The summed E-state index contributed by atoms with van der Waals surface area (Å²) >= 11 is 4.89. The zero-order chi connectivity index (χ0) is 15.6. The van der Waals surface area contributed by atoms with Crippen molar-refractivity contribution in [3.63, 3.8) is 0 Å². The maximum absolute atomic E-state index is 10.1. The van der Waals surface area contributed by atoms with E-state index < -0.39 is 7.15 Å². The Kier molecular flexibility index (Phi) is 4.52. The lowest BCUT2D eigenvalue weighted by molar-refractivity contribution is 0.348. The first kappa shape index (κ1) is 15.8. The molecule has 0 bridgehead atoms. The Labute approximate surface area is 128 Å². The molecule has 0 saturated heterocycles. The van der Waals surface area contributed by atoms with E-state index in [0.717, 1.165) is 11.1 Å². The van der Waals surface area contributed by atoms with Gasteiger partial charge in [0, 0.05) is 0 Å². The van der Waals surface area contributed by atoms with Gasteiger partial charge in [-0.15, -0.1) is 0 Å². The Morgan fingerprint density at radius 2 is 1.24 bits per heavy atom. The molecule has 112 valence electrons. The van der Waals surface area contributed by atoms with Crippen LogP contribution in [0.2, 0.25) is 0 Å². The van der Waals surface area contributed by atoms with Crippen LogP contribution in [-0.4, -0.2) is 15.1 Å². The van der Waals surface area contributed by atoms with Crippen molar-refractivity contribution in [2.45, 2.75) is 13.8 Å². The van der Waals surface area contributed by atoms with Crippen molar-refractivity contribution >= 4 is 19.4 Å². The number of hydrogen-bond donors (Lipinski definition) is 3.